The molecule has 0 unspecified atom stereocenters. The summed E-state index contributed by atoms with van der Waals surface area (Å²) in [4.78, 5) is 32.6. The van der Waals surface area contributed by atoms with E-state index in [9.17, 15) is 14.9 Å². The fourth-order valence-electron chi connectivity index (χ4n) is 4.02. The zero-order chi connectivity index (χ0) is 24.1. The minimum Gasteiger partial charge on any atom is -0.379 e. The Kier molecular flexibility index (Phi) is 7.66. The molecule has 1 aromatic heterocycles. The maximum atomic E-state index is 13.3. The van der Waals surface area contributed by atoms with Crippen LogP contribution in [0.1, 0.15) is 23.1 Å². The van der Waals surface area contributed by atoms with Crippen LogP contribution in [0.2, 0.25) is 0 Å². The van der Waals surface area contributed by atoms with Crippen molar-refractivity contribution in [2.75, 3.05) is 44.3 Å². The van der Waals surface area contributed by atoms with Crippen LogP contribution in [0.5, 0.6) is 0 Å². The molecule has 1 fully saturated rings. The number of hydrogen-bond donors (Lipinski definition) is 0. The van der Waals surface area contributed by atoms with E-state index in [0.717, 1.165) is 60.6 Å². The van der Waals surface area contributed by atoms with Gasteiger partial charge >= 0.3 is 0 Å². The zero-order valence-corrected chi connectivity index (χ0v) is 20.2. The number of morpholine rings is 1. The lowest BCUT2D eigenvalue weighted by molar-refractivity contribution is -0.384. The normalized spacial score (nSPS) is 14.6. The highest BCUT2D eigenvalue weighted by Gasteiger charge is 2.19. The van der Waals surface area contributed by atoms with Crippen LogP contribution in [-0.4, -0.2) is 60.1 Å². The number of ether oxygens (including phenoxy) is 1. The molecule has 1 saturated heterocycles. The number of non-ortho nitro benzene ring substituents is 1. The molecule has 2 aromatic carbocycles. The molecule has 178 valence electrons. The van der Waals surface area contributed by atoms with Gasteiger partial charge in [-0.05, 0) is 61.2 Å². The summed E-state index contributed by atoms with van der Waals surface area (Å²) < 4.78 is 6.49. The number of carbonyl (C=O) groups excluding carboxylic acids is 1. The van der Waals surface area contributed by atoms with Gasteiger partial charge < -0.3 is 4.74 Å². The Hall–Kier alpha value is -3.14. The summed E-state index contributed by atoms with van der Waals surface area (Å²) in [5.41, 5.74) is 3.94. The van der Waals surface area contributed by atoms with Crippen LogP contribution in [0.25, 0.3) is 16.3 Å². The summed E-state index contributed by atoms with van der Waals surface area (Å²) in [5, 5.41) is 11.6. The zero-order valence-electron chi connectivity index (χ0n) is 19.4. The van der Waals surface area contributed by atoms with Crippen LogP contribution in [-0.2, 0) is 9.53 Å². The summed E-state index contributed by atoms with van der Waals surface area (Å²) in [6.45, 7) is 8.86. The second-order valence-electron chi connectivity index (χ2n) is 8.40. The van der Waals surface area contributed by atoms with Crippen molar-refractivity contribution in [1.29, 1.82) is 0 Å². The van der Waals surface area contributed by atoms with Gasteiger partial charge in [0.1, 0.15) is 0 Å². The van der Waals surface area contributed by atoms with Gasteiger partial charge in [0.2, 0.25) is 0 Å². The van der Waals surface area contributed by atoms with Crippen LogP contribution in [0.3, 0.4) is 0 Å². The predicted octanol–water partition coefficient (Wildman–Crippen LogP) is 4.59. The van der Waals surface area contributed by atoms with E-state index < -0.39 is 4.92 Å². The van der Waals surface area contributed by atoms with E-state index in [-0.39, 0.29) is 11.6 Å². The Bertz CT molecular complexity index is 1200. The lowest BCUT2D eigenvalue weighted by Crippen LogP contribution is -2.39. The Morgan fingerprint density at radius 1 is 1.24 bits per heavy atom. The first-order valence-corrected chi connectivity index (χ1v) is 12.1. The third-order valence-electron chi connectivity index (χ3n) is 5.80. The molecule has 9 heteroatoms. The van der Waals surface area contributed by atoms with Crippen LogP contribution in [0.4, 0.5) is 10.8 Å². The summed E-state index contributed by atoms with van der Waals surface area (Å²) in [5.74, 6) is -0.159. The number of anilines is 1. The van der Waals surface area contributed by atoms with Gasteiger partial charge in [0.15, 0.2) is 5.13 Å². The topological polar surface area (TPSA) is 88.8 Å². The summed E-state index contributed by atoms with van der Waals surface area (Å²) in [7, 11) is 0. The molecule has 1 amide bonds. The van der Waals surface area contributed by atoms with Crippen LogP contribution in [0.15, 0.2) is 42.5 Å². The lowest BCUT2D eigenvalue weighted by atomic mass is 10.1. The number of hydrogen-bond acceptors (Lipinski definition) is 7. The van der Waals surface area contributed by atoms with Gasteiger partial charge in [-0.3, -0.25) is 24.7 Å². The van der Waals surface area contributed by atoms with Crippen molar-refractivity contribution in [1.82, 2.24) is 9.88 Å². The van der Waals surface area contributed by atoms with E-state index in [1.54, 1.807) is 23.1 Å². The maximum absolute atomic E-state index is 13.3. The summed E-state index contributed by atoms with van der Waals surface area (Å²) in [6, 6.07) is 10.3. The first-order valence-electron chi connectivity index (χ1n) is 11.3. The van der Waals surface area contributed by atoms with Gasteiger partial charge in [-0.2, -0.15) is 0 Å². The minimum atomic E-state index is -0.439. The van der Waals surface area contributed by atoms with E-state index in [1.165, 1.54) is 35.1 Å². The van der Waals surface area contributed by atoms with Gasteiger partial charge in [-0.1, -0.05) is 17.4 Å². The van der Waals surface area contributed by atoms with Gasteiger partial charge in [-0.15, -0.1) is 0 Å². The SMILES string of the molecule is Cc1cc(C)c2nc(N(CCCN3CCOCC3)C(=O)/C=C/c3ccc([N+](=O)[O-])cc3)sc2c1. The number of carbonyl (C=O) groups is 1. The van der Waals surface area contributed by atoms with Crippen LogP contribution >= 0.6 is 11.3 Å². The Morgan fingerprint density at radius 2 is 1.97 bits per heavy atom. The number of nitrogens with zero attached hydrogens (tertiary/aromatic N) is 4. The number of benzene rings is 2. The largest absolute Gasteiger partial charge is 0.379 e. The molecule has 3 aromatic rings. The standard InChI is InChI=1S/C25H28N4O4S/c1-18-16-19(2)24-22(17-18)34-25(26-24)28(11-3-10-27-12-14-33-15-13-27)23(30)9-6-20-4-7-21(8-5-20)29(31)32/h4-9,16-17H,3,10-15H2,1-2H3/b9-6+. The molecule has 0 saturated carbocycles. The molecule has 0 bridgehead atoms. The average molecular weight is 481 g/mol. The second-order valence-corrected chi connectivity index (χ2v) is 9.41. The van der Waals surface area contributed by atoms with E-state index in [1.807, 2.05) is 6.92 Å². The number of thiazole rings is 1. The Balaban J connectivity index is 1.54. The van der Waals surface area contributed by atoms with E-state index in [0.29, 0.717) is 11.7 Å². The summed E-state index contributed by atoms with van der Waals surface area (Å²) >= 11 is 1.53. The molecule has 34 heavy (non-hydrogen) atoms. The predicted molar refractivity (Wildman–Crippen MR) is 135 cm³/mol. The molecule has 0 N–H and O–H groups in total. The van der Waals surface area contributed by atoms with Gasteiger partial charge in [0, 0.05) is 44.4 Å². The number of fused-ring (bicyclic) bond motifs is 1. The van der Waals surface area contributed by atoms with Crippen molar-refractivity contribution in [3.05, 3.63) is 69.3 Å². The summed E-state index contributed by atoms with van der Waals surface area (Å²) in [6.07, 6.45) is 4.02. The average Bonchev–Trinajstić information content (AvgIpc) is 3.25. The van der Waals surface area contributed by atoms with Crippen molar-refractivity contribution in [3.63, 3.8) is 0 Å². The molecular weight excluding hydrogens is 452 g/mol. The molecule has 2 heterocycles. The fraction of sp³-hybridized carbons (Fsp3) is 0.360. The number of amides is 1. The smallest absolute Gasteiger partial charge is 0.269 e. The lowest BCUT2D eigenvalue weighted by Gasteiger charge is -2.27. The molecular formula is C25H28N4O4S. The number of rotatable bonds is 8. The molecule has 0 aliphatic carbocycles. The highest BCUT2D eigenvalue weighted by atomic mass is 32.1. The molecule has 0 spiro atoms. The van der Waals surface area contributed by atoms with E-state index >= 15 is 0 Å². The third kappa shape index (κ3) is 5.85. The minimum absolute atomic E-state index is 0.0216. The first kappa shape index (κ1) is 24.0. The van der Waals surface area contributed by atoms with Crippen molar-refractivity contribution >= 4 is 44.4 Å². The number of aryl methyl sites for hydroxylation is 2. The molecule has 1 aliphatic heterocycles. The van der Waals surface area contributed by atoms with Crippen molar-refractivity contribution in [2.24, 2.45) is 0 Å². The van der Waals surface area contributed by atoms with E-state index in [2.05, 4.69) is 24.0 Å². The van der Waals surface area contributed by atoms with Crippen molar-refractivity contribution < 1.29 is 14.5 Å². The van der Waals surface area contributed by atoms with Crippen molar-refractivity contribution in [3.8, 4) is 0 Å². The number of nitro groups is 1. The first-order chi connectivity index (χ1) is 16.4. The monoisotopic (exact) mass is 480 g/mol. The number of nitro benzene ring substituents is 1. The quantitative estimate of drug-likeness (QED) is 0.266. The van der Waals surface area contributed by atoms with E-state index in [4.69, 9.17) is 9.72 Å². The molecule has 1 aliphatic rings. The van der Waals surface area contributed by atoms with Gasteiger partial charge in [-0.25, -0.2) is 4.98 Å². The highest BCUT2D eigenvalue weighted by Crippen LogP contribution is 2.32. The Labute approximate surface area is 202 Å². The fourth-order valence-corrected chi connectivity index (χ4v) is 5.19. The third-order valence-corrected chi connectivity index (χ3v) is 6.82. The Morgan fingerprint density at radius 3 is 2.68 bits per heavy atom. The second kappa shape index (κ2) is 10.9. The van der Waals surface area contributed by atoms with Gasteiger partial charge in [0.25, 0.3) is 11.6 Å². The molecule has 8 nitrogen and oxygen atoms in total. The van der Waals surface area contributed by atoms with Crippen LogP contribution in [0, 0.1) is 24.0 Å². The molecule has 0 radical (unpaired) electrons. The highest BCUT2D eigenvalue weighted by molar-refractivity contribution is 7.22. The molecule has 4 rings (SSSR count). The number of aromatic nitrogens is 1. The molecule has 0 atom stereocenters. The van der Waals surface area contributed by atoms with Gasteiger partial charge in [0.05, 0.1) is 28.4 Å². The van der Waals surface area contributed by atoms with Crippen LogP contribution < -0.4 is 4.90 Å². The maximum Gasteiger partial charge on any atom is 0.269 e. The van der Waals surface area contributed by atoms with Crippen molar-refractivity contribution in [2.45, 2.75) is 20.3 Å².